The van der Waals surface area contributed by atoms with Crippen LogP contribution in [-0.4, -0.2) is 17.5 Å². The van der Waals surface area contributed by atoms with Gasteiger partial charge in [0.1, 0.15) is 0 Å². The lowest BCUT2D eigenvalue weighted by molar-refractivity contribution is 0.0563. The molecular weight excluding hydrogens is 120 g/mol. The molecule has 0 heterocycles. The lowest BCUT2D eigenvalue weighted by Crippen LogP contribution is -2.16. The van der Waals surface area contributed by atoms with Crippen molar-refractivity contribution in [1.29, 1.82) is 0 Å². The molecule has 0 fully saturated rings. The van der Waals surface area contributed by atoms with E-state index in [1.165, 1.54) is 6.21 Å². The first kappa shape index (κ1) is 8.39. The Bertz CT molecular complexity index is 81.0. The summed E-state index contributed by atoms with van der Waals surface area (Å²) in [5.74, 6) is 4.88. The minimum atomic E-state index is -0.0269. The molecule has 0 saturated heterocycles. The van der Waals surface area contributed by atoms with Crippen molar-refractivity contribution in [1.82, 2.24) is 0 Å². The van der Waals surface area contributed by atoms with Gasteiger partial charge in [-0.2, -0.15) is 0 Å². The van der Waals surface area contributed by atoms with Crippen LogP contribution in [0.15, 0.2) is 5.16 Å². The van der Waals surface area contributed by atoms with E-state index >= 15 is 0 Å². The van der Waals surface area contributed by atoms with Crippen molar-refractivity contribution < 1.29 is 10.0 Å². The monoisotopic (exact) mass is 132 g/mol. The van der Waals surface area contributed by atoms with Gasteiger partial charge >= 0.3 is 0 Å². The van der Waals surface area contributed by atoms with E-state index < -0.39 is 0 Å². The molecule has 9 heavy (non-hydrogen) atoms. The van der Waals surface area contributed by atoms with Crippen LogP contribution in [0.4, 0.5) is 0 Å². The highest BCUT2D eigenvalue weighted by atomic mass is 16.6. The van der Waals surface area contributed by atoms with Gasteiger partial charge in [-0.1, -0.05) is 6.92 Å². The van der Waals surface area contributed by atoms with E-state index in [1.54, 1.807) is 0 Å². The molecule has 0 saturated carbocycles. The maximum absolute atomic E-state index is 7.98. The summed E-state index contributed by atoms with van der Waals surface area (Å²) in [6.45, 7) is 1.95. The maximum Gasteiger partial charge on any atom is 0.0835 e. The van der Waals surface area contributed by atoms with Crippen molar-refractivity contribution in [2.75, 3.05) is 0 Å². The first-order chi connectivity index (χ1) is 4.35. The molecular formula is C5H12N2O2. The number of hydrogen-bond donors (Lipinski definition) is 2. The third-order valence-corrected chi connectivity index (χ3v) is 1.10. The fourth-order valence-electron chi connectivity index (χ4n) is 0.483. The number of rotatable bonds is 4. The standard InChI is InChI=1S/C5H12N2O2/c1-2-5(9-6)3-4-7-8/h4-5,8H,2-3,6H2,1H3/b7-4+. The lowest BCUT2D eigenvalue weighted by Gasteiger charge is -2.06. The fourth-order valence-corrected chi connectivity index (χ4v) is 0.483. The molecule has 4 heteroatoms. The van der Waals surface area contributed by atoms with Crippen LogP contribution in [0, 0.1) is 0 Å². The second-order valence-electron chi connectivity index (χ2n) is 1.70. The van der Waals surface area contributed by atoms with Gasteiger partial charge in [0, 0.05) is 12.6 Å². The largest absolute Gasteiger partial charge is 0.411 e. The van der Waals surface area contributed by atoms with Crippen LogP contribution in [0.25, 0.3) is 0 Å². The van der Waals surface area contributed by atoms with Crippen molar-refractivity contribution in [2.24, 2.45) is 11.1 Å². The van der Waals surface area contributed by atoms with Crippen LogP contribution in [-0.2, 0) is 4.84 Å². The Kier molecular flexibility index (Phi) is 5.15. The predicted octanol–water partition coefficient (Wildman–Crippen LogP) is 0.505. The molecule has 0 amide bonds. The third-order valence-electron chi connectivity index (χ3n) is 1.10. The van der Waals surface area contributed by atoms with E-state index in [0.29, 0.717) is 6.42 Å². The van der Waals surface area contributed by atoms with E-state index in [-0.39, 0.29) is 6.10 Å². The first-order valence-electron chi connectivity index (χ1n) is 2.86. The van der Waals surface area contributed by atoms with Crippen LogP contribution in [0.1, 0.15) is 19.8 Å². The zero-order chi connectivity index (χ0) is 7.11. The Morgan fingerprint density at radius 1 is 1.89 bits per heavy atom. The molecule has 0 bridgehead atoms. The van der Waals surface area contributed by atoms with E-state index in [0.717, 1.165) is 6.42 Å². The lowest BCUT2D eigenvalue weighted by atomic mass is 10.2. The van der Waals surface area contributed by atoms with E-state index in [2.05, 4.69) is 9.99 Å². The molecule has 0 aromatic rings. The maximum atomic E-state index is 7.98. The SMILES string of the molecule is CCC(C/C=N/O)ON. The summed E-state index contributed by atoms with van der Waals surface area (Å²) >= 11 is 0. The molecule has 0 rings (SSSR count). The van der Waals surface area contributed by atoms with Gasteiger partial charge in [-0.3, -0.25) is 0 Å². The number of nitrogens with two attached hydrogens (primary N) is 1. The van der Waals surface area contributed by atoms with E-state index in [1.807, 2.05) is 6.92 Å². The Hall–Kier alpha value is -0.610. The Labute approximate surface area is 54.3 Å². The highest BCUT2D eigenvalue weighted by Crippen LogP contribution is 1.96. The van der Waals surface area contributed by atoms with Gasteiger partial charge in [-0.15, -0.1) is 5.16 Å². The summed E-state index contributed by atoms with van der Waals surface area (Å²) in [6.07, 6.45) is 2.72. The van der Waals surface area contributed by atoms with Crippen LogP contribution in [0.5, 0.6) is 0 Å². The van der Waals surface area contributed by atoms with E-state index in [4.69, 9.17) is 11.1 Å². The molecule has 0 aliphatic heterocycles. The summed E-state index contributed by atoms with van der Waals surface area (Å²) in [6, 6.07) is 0. The quantitative estimate of drug-likeness (QED) is 0.332. The highest BCUT2D eigenvalue weighted by Gasteiger charge is 2.00. The van der Waals surface area contributed by atoms with Crippen molar-refractivity contribution in [3.8, 4) is 0 Å². The number of oxime groups is 1. The van der Waals surface area contributed by atoms with Gasteiger partial charge in [0.25, 0.3) is 0 Å². The number of nitrogens with zero attached hydrogens (tertiary/aromatic N) is 1. The molecule has 0 aliphatic carbocycles. The van der Waals surface area contributed by atoms with Crippen LogP contribution in [0.2, 0.25) is 0 Å². The van der Waals surface area contributed by atoms with Gasteiger partial charge in [-0.25, -0.2) is 5.90 Å². The van der Waals surface area contributed by atoms with Gasteiger partial charge < -0.3 is 10.0 Å². The van der Waals surface area contributed by atoms with Crippen LogP contribution < -0.4 is 5.90 Å². The van der Waals surface area contributed by atoms with Gasteiger partial charge in [0.2, 0.25) is 0 Å². The summed E-state index contributed by atoms with van der Waals surface area (Å²) in [4.78, 5) is 4.50. The predicted molar refractivity (Wildman–Crippen MR) is 34.2 cm³/mol. The van der Waals surface area contributed by atoms with Gasteiger partial charge in [0.05, 0.1) is 6.10 Å². The molecule has 54 valence electrons. The molecule has 0 spiro atoms. The Balaban J connectivity index is 3.31. The number of hydrogen-bond acceptors (Lipinski definition) is 4. The second-order valence-corrected chi connectivity index (χ2v) is 1.70. The zero-order valence-electron chi connectivity index (χ0n) is 5.45. The summed E-state index contributed by atoms with van der Waals surface area (Å²) in [5, 5.41) is 10.8. The minimum Gasteiger partial charge on any atom is -0.411 e. The molecule has 0 aliphatic rings. The molecule has 0 radical (unpaired) electrons. The summed E-state index contributed by atoms with van der Waals surface area (Å²) in [5.41, 5.74) is 0. The molecule has 0 aromatic heterocycles. The summed E-state index contributed by atoms with van der Waals surface area (Å²) < 4.78 is 0. The van der Waals surface area contributed by atoms with Crippen molar-refractivity contribution in [3.63, 3.8) is 0 Å². The van der Waals surface area contributed by atoms with Crippen LogP contribution >= 0.6 is 0 Å². The topological polar surface area (TPSA) is 67.8 Å². The molecule has 4 nitrogen and oxygen atoms in total. The second kappa shape index (κ2) is 5.53. The minimum absolute atomic E-state index is 0.0269. The smallest absolute Gasteiger partial charge is 0.0835 e. The van der Waals surface area contributed by atoms with Crippen LogP contribution in [0.3, 0.4) is 0 Å². The zero-order valence-corrected chi connectivity index (χ0v) is 5.45. The van der Waals surface area contributed by atoms with Crippen molar-refractivity contribution in [2.45, 2.75) is 25.9 Å². The third kappa shape index (κ3) is 3.93. The van der Waals surface area contributed by atoms with Crippen molar-refractivity contribution >= 4 is 6.21 Å². The average molecular weight is 132 g/mol. The molecule has 1 atom stereocenters. The average Bonchev–Trinajstić information content (AvgIpc) is 1.91. The Morgan fingerprint density at radius 2 is 2.56 bits per heavy atom. The fraction of sp³-hybridized carbons (Fsp3) is 0.800. The molecule has 0 aromatic carbocycles. The van der Waals surface area contributed by atoms with Gasteiger partial charge in [0.15, 0.2) is 0 Å². The summed E-state index contributed by atoms with van der Waals surface area (Å²) in [7, 11) is 0. The first-order valence-corrected chi connectivity index (χ1v) is 2.86. The molecule has 1 unspecified atom stereocenters. The van der Waals surface area contributed by atoms with Crippen molar-refractivity contribution in [3.05, 3.63) is 0 Å². The normalized spacial score (nSPS) is 14.4. The molecule has 3 N–H and O–H groups in total. The van der Waals surface area contributed by atoms with Gasteiger partial charge in [-0.05, 0) is 6.42 Å². The highest BCUT2D eigenvalue weighted by molar-refractivity contribution is 5.56. The van der Waals surface area contributed by atoms with E-state index in [9.17, 15) is 0 Å². The Morgan fingerprint density at radius 3 is 2.89 bits per heavy atom.